The van der Waals surface area contributed by atoms with Gasteiger partial charge in [0.1, 0.15) is 0 Å². The highest BCUT2D eigenvalue weighted by atomic mass is 16.5. The molecule has 0 amide bonds. The lowest BCUT2D eigenvalue weighted by Gasteiger charge is -2.31. The molecule has 2 rings (SSSR count). The lowest BCUT2D eigenvalue weighted by atomic mass is 9.76. The first-order valence-corrected chi connectivity index (χ1v) is 5.16. The van der Waals surface area contributed by atoms with E-state index in [1.54, 1.807) is 0 Å². The molecule has 8 nitrogen and oxygen atoms in total. The van der Waals surface area contributed by atoms with E-state index in [2.05, 4.69) is 25.2 Å². The Balaban J connectivity index is 2.42. The number of carbonyl (C=O) groups is 2. The molecule has 17 heavy (non-hydrogen) atoms. The molecule has 0 aromatic heterocycles. The van der Waals surface area contributed by atoms with Gasteiger partial charge in [-0.2, -0.15) is 20.5 Å². The Morgan fingerprint density at radius 2 is 1.82 bits per heavy atom. The number of nitrogens with zero attached hydrogens (tertiary/aromatic N) is 4. The number of esters is 1. The summed E-state index contributed by atoms with van der Waals surface area (Å²) in [6.45, 7) is 3.01. The third kappa shape index (κ3) is 1.15. The van der Waals surface area contributed by atoms with Crippen molar-refractivity contribution in [1.82, 2.24) is 0 Å². The minimum absolute atomic E-state index is 0.462. The molecule has 0 saturated heterocycles. The Labute approximate surface area is 97.3 Å². The second-order valence-corrected chi connectivity index (χ2v) is 4.10. The topological polar surface area (TPSA) is 119 Å². The van der Waals surface area contributed by atoms with Crippen molar-refractivity contribution in [1.29, 1.82) is 0 Å². The van der Waals surface area contributed by atoms with Gasteiger partial charge in [-0.05, 0) is 13.3 Å². The van der Waals surface area contributed by atoms with Crippen LogP contribution in [0, 0.1) is 0 Å². The Bertz CT molecular complexity index is 446. The molecular formula is C9H13N5O3. The summed E-state index contributed by atoms with van der Waals surface area (Å²) in [7, 11) is 1.16. The smallest absolute Gasteiger partial charge is 0.338 e. The Hall–Kier alpha value is -1.70. The van der Waals surface area contributed by atoms with Crippen molar-refractivity contribution in [2.45, 2.75) is 37.1 Å². The van der Waals surface area contributed by atoms with Crippen molar-refractivity contribution < 1.29 is 14.3 Å². The maximum atomic E-state index is 11.8. The second kappa shape index (κ2) is 3.16. The quantitative estimate of drug-likeness (QED) is 0.543. The summed E-state index contributed by atoms with van der Waals surface area (Å²) in [5.74, 6) is -1.44. The number of methoxy groups -OCH3 is 1. The van der Waals surface area contributed by atoms with Crippen LogP contribution in [0.15, 0.2) is 20.5 Å². The van der Waals surface area contributed by atoms with Crippen molar-refractivity contribution in [3.8, 4) is 0 Å². The van der Waals surface area contributed by atoms with E-state index in [1.807, 2.05) is 6.92 Å². The zero-order valence-electron chi connectivity index (χ0n) is 9.80. The van der Waals surface area contributed by atoms with Crippen molar-refractivity contribution in [3.05, 3.63) is 0 Å². The van der Waals surface area contributed by atoms with Gasteiger partial charge in [-0.15, -0.1) is 0 Å². The predicted octanol–water partition coefficient (Wildman–Crippen LogP) is 0.180. The van der Waals surface area contributed by atoms with Gasteiger partial charge in [0.05, 0.1) is 7.11 Å². The van der Waals surface area contributed by atoms with Crippen LogP contribution in [0.25, 0.3) is 0 Å². The summed E-state index contributed by atoms with van der Waals surface area (Å²) >= 11 is 0. The van der Waals surface area contributed by atoms with E-state index in [0.717, 1.165) is 7.11 Å². The summed E-state index contributed by atoms with van der Waals surface area (Å²) in [5.41, 5.74) is 1.54. The van der Waals surface area contributed by atoms with Gasteiger partial charge in [-0.1, -0.05) is 6.92 Å². The average Bonchev–Trinajstić information content (AvgIpc) is 3.17. The van der Waals surface area contributed by atoms with E-state index in [1.165, 1.54) is 6.92 Å². The maximum absolute atomic E-state index is 11.8. The third-order valence-electron chi connectivity index (χ3n) is 3.31. The first-order chi connectivity index (χ1) is 7.90. The van der Waals surface area contributed by atoms with Crippen LogP contribution < -0.4 is 5.73 Å². The van der Waals surface area contributed by atoms with Gasteiger partial charge in [0.25, 0.3) is 5.66 Å². The van der Waals surface area contributed by atoms with E-state index in [9.17, 15) is 9.59 Å². The van der Waals surface area contributed by atoms with Crippen molar-refractivity contribution >= 4 is 11.8 Å². The number of Topliss-reactive ketones (excluding diaryl/α,β-unsaturated/α-hetero) is 1. The van der Waals surface area contributed by atoms with Crippen LogP contribution in [0.4, 0.5) is 0 Å². The monoisotopic (exact) mass is 239 g/mol. The molecular weight excluding hydrogens is 226 g/mol. The molecule has 0 bridgehead atoms. The molecule has 2 aliphatic rings. The normalized spacial score (nSPS) is 24.9. The van der Waals surface area contributed by atoms with Crippen LogP contribution in [0.3, 0.4) is 0 Å². The molecule has 1 atom stereocenters. The Morgan fingerprint density at radius 3 is 2.06 bits per heavy atom. The first-order valence-electron chi connectivity index (χ1n) is 5.16. The number of hydrogen-bond donors (Lipinski definition) is 1. The zero-order chi connectivity index (χ0) is 12.9. The zero-order valence-corrected chi connectivity index (χ0v) is 9.80. The minimum Gasteiger partial charge on any atom is -0.467 e. The van der Waals surface area contributed by atoms with Crippen LogP contribution in [0.1, 0.15) is 20.3 Å². The minimum atomic E-state index is -1.96. The summed E-state index contributed by atoms with van der Waals surface area (Å²) in [6, 6.07) is 0. The maximum Gasteiger partial charge on any atom is 0.338 e. The van der Waals surface area contributed by atoms with Crippen molar-refractivity contribution in [2.75, 3.05) is 7.11 Å². The van der Waals surface area contributed by atoms with Crippen molar-refractivity contribution in [2.24, 2.45) is 26.2 Å². The van der Waals surface area contributed by atoms with Gasteiger partial charge >= 0.3 is 5.97 Å². The summed E-state index contributed by atoms with van der Waals surface area (Å²) in [5, 5.41) is 15.3. The Kier molecular flexibility index (Phi) is 2.19. The van der Waals surface area contributed by atoms with E-state index < -0.39 is 28.6 Å². The summed E-state index contributed by atoms with van der Waals surface area (Å²) in [6.07, 6.45) is 0.462. The van der Waals surface area contributed by atoms with E-state index in [4.69, 9.17) is 5.73 Å². The SMILES string of the molecule is CCC1(C2(C(N)(C(C)=O)C(=O)OC)N=N2)N=N1. The van der Waals surface area contributed by atoms with Gasteiger partial charge in [0.2, 0.25) is 11.2 Å². The van der Waals surface area contributed by atoms with E-state index >= 15 is 0 Å². The van der Waals surface area contributed by atoms with Crippen LogP contribution in [0.2, 0.25) is 0 Å². The summed E-state index contributed by atoms with van der Waals surface area (Å²) in [4.78, 5) is 23.5. The molecule has 2 heterocycles. The molecule has 0 aliphatic carbocycles. The van der Waals surface area contributed by atoms with Gasteiger partial charge in [0, 0.05) is 0 Å². The van der Waals surface area contributed by atoms with Gasteiger partial charge in [0.15, 0.2) is 5.78 Å². The molecule has 0 aromatic rings. The van der Waals surface area contributed by atoms with Gasteiger partial charge < -0.3 is 10.5 Å². The molecule has 0 spiro atoms. The van der Waals surface area contributed by atoms with Crippen LogP contribution in [-0.2, 0) is 14.3 Å². The standard InChI is InChI=1S/C9H13N5O3/c1-4-7(11-12-7)9(13-14-9)8(10,5(2)15)6(16)17-3/h4,10H2,1-3H3. The molecule has 1 unspecified atom stereocenters. The fourth-order valence-electron chi connectivity index (χ4n) is 1.96. The molecule has 0 radical (unpaired) electrons. The number of ether oxygens (including phenoxy) is 1. The van der Waals surface area contributed by atoms with Gasteiger partial charge in [-0.3, -0.25) is 4.79 Å². The highest BCUT2D eigenvalue weighted by Crippen LogP contribution is 2.57. The molecule has 2 aliphatic heterocycles. The lowest BCUT2D eigenvalue weighted by Crippen LogP contribution is -2.69. The van der Waals surface area contributed by atoms with Crippen molar-refractivity contribution in [3.63, 3.8) is 0 Å². The number of ketones is 1. The second-order valence-electron chi connectivity index (χ2n) is 4.10. The van der Waals surface area contributed by atoms with Gasteiger partial charge in [-0.25, -0.2) is 4.79 Å². The highest BCUT2D eigenvalue weighted by molar-refractivity contribution is 6.09. The highest BCUT2D eigenvalue weighted by Gasteiger charge is 2.79. The first kappa shape index (κ1) is 11.8. The number of nitrogens with two attached hydrogens (primary N) is 1. The molecule has 0 fully saturated rings. The molecule has 0 aromatic carbocycles. The largest absolute Gasteiger partial charge is 0.467 e. The predicted molar refractivity (Wildman–Crippen MR) is 55.1 cm³/mol. The number of carbonyl (C=O) groups excluding carboxylic acids is 2. The fraction of sp³-hybridized carbons (Fsp3) is 0.778. The van der Waals surface area contributed by atoms with Crippen LogP contribution >= 0.6 is 0 Å². The Morgan fingerprint density at radius 1 is 1.29 bits per heavy atom. The average molecular weight is 239 g/mol. The molecule has 92 valence electrons. The molecule has 8 heteroatoms. The summed E-state index contributed by atoms with van der Waals surface area (Å²) < 4.78 is 4.58. The fourth-order valence-corrected chi connectivity index (χ4v) is 1.96. The van der Waals surface area contributed by atoms with Crippen LogP contribution in [0.5, 0.6) is 0 Å². The van der Waals surface area contributed by atoms with Crippen LogP contribution in [-0.4, -0.2) is 35.7 Å². The molecule has 0 saturated carbocycles. The van der Waals surface area contributed by atoms with E-state index in [-0.39, 0.29) is 0 Å². The molecule has 2 N–H and O–H groups in total. The number of rotatable bonds is 5. The van der Waals surface area contributed by atoms with E-state index in [0.29, 0.717) is 6.42 Å². The third-order valence-corrected chi connectivity index (χ3v) is 3.31. The number of hydrogen-bond acceptors (Lipinski definition) is 8. The lowest BCUT2D eigenvalue weighted by molar-refractivity contribution is -0.153.